The van der Waals surface area contributed by atoms with E-state index in [-0.39, 0.29) is 18.1 Å². The van der Waals surface area contributed by atoms with Crippen molar-refractivity contribution in [1.29, 1.82) is 0 Å². The van der Waals surface area contributed by atoms with E-state index >= 15 is 0 Å². The molecule has 0 aromatic heterocycles. The highest BCUT2D eigenvalue weighted by atomic mass is 16.5. The smallest absolute Gasteiger partial charge is 0.329 e. The van der Waals surface area contributed by atoms with Gasteiger partial charge in [0.2, 0.25) is 0 Å². The molecule has 2 aromatic rings. The summed E-state index contributed by atoms with van der Waals surface area (Å²) in [7, 11) is 1.55. The number of rotatable bonds is 6. The summed E-state index contributed by atoms with van der Waals surface area (Å²) in [5.74, 6) is 0.733. The largest absolute Gasteiger partial charge is 0.493 e. The zero-order valence-corrected chi connectivity index (χ0v) is 14.7. The molecule has 1 fully saturated rings. The number of para-hydroxylation sites is 1. The van der Waals surface area contributed by atoms with Gasteiger partial charge in [-0.25, -0.2) is 4.79 Å². The lowest BCUT2D eigenvalue weighted by atomic mass is 10.1. The van der Waals surface area contributed by atoms with Crippen LogP contribution < -0.4 is 14.8 Å². The third-order valence-corrected chi connectivity index (χ3v) is 3.96. The van der Waals surface area contributed by atoms with E-state index in [4.69, 9.17) is 9.47 Å². The Morgan fingerprint density at radius 3 is 2.54 bits per heavy atom. The monoisotopic (exact) mass is 352 g/mol. The zero-order chi connectivity index (χ0) is 18.5. The van der Waals surface area contributed by atoms with Crippen molar-refractivity contribution in [3.63, 3.8) is 0 Å². The van der Waals surface area contributed by atoms with Crippen LogP contribution >= 0.6 is 0 Å². The van der Waals surface area contributed by atoms with Gasteiger partial charge in [-0.1, -0.05) is 42.5 Å². The molecule has 1 aliphatic heterocycles. The average Bonchev–Trinajstić information content (AvgIpc) is 2.91. The topological polar surface area (TPSA) is 67.9 Å². The molecule has 2 aromatic carbocycles. The number of ether oxygens (including phenoxy) is 2. The summed E-state index contributed by atoms with van der Waals surface area (Å²) in [6, 6.07) is 14.3. The second-order valence-corrected chi connectivity index (χ2v) is 5.68. The number of carbonyl (C=O) groups is 2. The molecule has 0 aliphatic carbocycles. The van der Waals surface area contributed by atoms with Gasteiger partial charge in [0.1, 0.15) is 5.70 Å². The molecule has 0 spiro atoms. The molecule has 0 bridgehead atoms. The maximum atomic E-state index is 12.7. The van der Waals surface area contributed by atoms with E-state index in [1.165, 1.54) is 4.90 Å². The molecule has 3 amide bonds. The first-order chi connectivity index (χ1) is 12.6. The molecule has 6 nitrogen and oxygen atoms in total. The standard InChI is InChI=1S/C20H20N2O4/c1-3-26-18-15(10-7-11-17(18)25-2)12-16-19(23)22(20(24)21-16)13-14-8-5-4-6-9-14/h4-12H,3,13H2,1-2H3,(H,21,24)/b16-12+. The normalized spacial score (nSPS) is 15.3. The number of nitrogens with one attached hydrogen (secondary N) is 1. The van der Waals surface area contributed by atoms with Crippen LogP contribution in [-0.4, -0.2) is 30.6 Å². The number of hydrogen-bond donors (Lipinski definition) is 1. The second-order valence-electron chi connectivity index (χ2n) is 5.68. The minimum absolute atomic E-state index is 0.208. The van der Waals surface area contributed by atoms with Gasteiger partial charge >= 0.3 is 6.03 Å². The van der Waals surface area contributed by atoms with Crippen molar-refractivity contribution < 1.29 is 19.1 Å². The third kappa shape index (κ3) is 3.54. The van der Waals surface area contributed by atoms with Gasteiger partial charge in [-0.15, -0.1) is 0 Å². The van der Waals surface area contributed by atoms with Crippen LogP contribution in [0.25, 0.3) is 6.08 Å². The zero-order valence-electron chi connectivity index (χ0n) is 14.7. The number of imide groups is 1. The lowest BCUT2D eigenvalue weighted by Gasteiger charge is -2.12. The van der Waals surface area contributed by atoms with Crippen molar-refractivity contribution in [2.75, 3.05) is 13.7 Å². The van der Waals surface area contributed by atoms with Crippen LogP contribution in [0.2, 0.25) is 0 Å². The summed E-state index contributed by atoms with van der Waals surface area (Å²) in [5.41, 5.74) is 1.75. The van der Waals surface area contributed by atoms with Crippen LogP contribution in [-0.2, 0) is 11.3 Å². The van der Waals surface area contributed by atoms with Gasteiger partial charge < -0.3 is 14.8 Å². The Morgan fingerprint density at radius 1 is 1.08 bits per heavy atom. The van der Waals surface area contributed by atoms with E-state index in [2.05, 4.69) is 5.32 Å². The third-order valence-electron chi connectivity index (χ3n) is 3.96. The fourth-order valence-corrected chi connectivity index (χ4v) is 2.74. The molecule has 3 rings (SSSR count). The molecule has 0 atom stereocenters. The highest BCUT2D eigenvalue weighted by Crippen LogP contribution is 2.33. The average molecular weight is 352 g/mol. The molecule has 0 unspecified atom stereocenters. The molecule has 134 valence electrons. The van der Waals surface area contributed by atoms with Crippen LogP contribution in [0.15, 0.2) is 54.2 Å². The molecule has 1 saturated heterocycles. The van der Waals surface area contributed by atoms with E-state index in [9.17, 15) is 9.59 Å². The Bertz CT molecular complexity index is 846. The van der Waals surface area contributed by atoms with Crippen molar-refractivity contribution in [2.24, 2.45) is 0 Å². The number of nitrogens with zero attached hydrogens (tertiary/aromatic N) is 1. The van der Waals surface area contributed by atoms with Gasteiger partial charge in [-0.3, -0.25) is 9.69 Å². The number of hydrogen-bond acceptors (Lipinski definition) is 4. The summed E-state index contributed by atoms with van der Waals surface area (Å²) in [4.78, 5) is 26.1. The Labute approximate surface area is 152 Å². The molecule has 1 N–H and O–H groups in total. The highest BCUT2D eigenvalue weighted by molar-refractivity contribution is 6.14. The van der Waals surface area contributed by atoms with Gasteiger partial charge in [0.25, 0.3) is 5.91 Å². The molecule has 1 aliphatic rings. The van der Waals surface area contributed by atoms with Crippen LogP contribution in [0.1, 0.15) is 18.1 Å². The maximum absolute atomic E-state index is 12.7. The van der Waals surface area contributed by atoms with Gasteiger partial charge in [0, 0.05) is 5.56 Å². The van der Waals surface area contributed by atoms with E-state index < -0.39 is 6.03 Å². The Hall–Kier alpha value is -3.28. The molecule has 26 heavy (non-hydrogen) atoms. The van der Waals surface area contributed by atoms with E-state index in [0.29, 0.717) is 23.7 Å². The van der Waals surface area contributed by atoms with Crippen LogP contribution in [0.5, 0.6) is 11.5 Å². The Morgan fingerprint density at radius 2 is 1.85 bits per heavy atom. The van der Waals surface area contributed by atoms with Gasteiger partial charge in [-0.05, 0) is 24.6 Å². The Balaban J connectivity index is 1.89. The fourth-order valence-electron chi connectivity index (χ4n) is 2.74. The molecule has 0 radical (unpaired) electrons. The van der Waals surface area contributed by atoms with E-state index in [0.717, 1.165) is 5.56 Å². The highest BCUT2D eigenvalue weighted by Gasteiger charge is 2.33. The van der Waals surface area contributed by atoms with Crippen LogP contribution in [0, 0.1) is 0 Å². The number of amides is 3. The summed E-state index contributed by atoms with van der Waals surface area (Å²) in [6.07, 6.45) is 1.61. The fraction of sp³-hybridized carbons (Fsp3) is 0.200. The lowest BCUT2D eigenvalue weighted by molar-refractivity contribution is -0.123. The Kier molecular flexibility index (Phi) is 5.22. The van der Waals surface area contributed by atoms with Crippen molar-refractivity contribution in [1.82, 2.24) is 10.2 Å². The summed E-state index contributed by atoms with van der Waals surface area (Å²) in [6.45, 7) is 2.55. The lowest BCUT2D eigenvalue weighted by Crippen LogP contribution is -2.30. The predicted octanol–water partition coefficient (Wildman–Crippen LogP) is 3.19. The van der Waals surface area contributed by atoms with Gasteiger partial charge in [0.15, 0.2) is 11.5 Å². The first-order valence-corrected chi connectivity index (χ1v) is 8.32. The number of urea groups is 1. The number of carbonyl (C=O) groups excluding carboxylic acids is 2. The van der Waals surface area contributed by atoms with Crippen LogP contribution in [0.4, 0.5) is 4.79 Å². The van der Waals surface area contributed by atoms with Gasteiger partial charge in [0.05, 0.1) is 20.3 Å². The first-order valence-electron chi connectivity index (χ1n) is 8.32. The molecular formula is C20H20N2O4. The predicted molar refractivity (Wildman–Crippen MR) is 97.7 cm³/mol. The van der Waals surface area contributed by atoms with Gasteiger partial charge in [-0.2, -0.15) is 0 Å². The van der Waals surface area contributed by atoms with E-state index in [1.54, 1.807) is 31.4 Å². The maximum Gasteiger partial charge on any atom is 0.329 e. The first kappa shape index (κ1) is 17.5. The van der Waals surface area contributed by atoms with Crippen molar-refractivity contribution in [3.05, 3.63) is 65.4 Å². The summed E-state index contributed by atoms with van der Waals surface area (Å²) in [5, 5.41) is 2.63. The van der Waals surface area contributed by atoms with Crippen molar-refractivity contribution in [2.45, 2.75) is 13.5 Å². The quantitative estimate of drug-likeness (QED) is 0.640. The van der Waals surface area contributed by atoms with Crippen molar-refractivity contribution in [3.8, 4) is 11.5 Å². The van der Waals surface area contributed by atoms with E-state index in [1.807, 2.05) is 37.3 Å². The SMILES string of the molecule is CCOc1c(/C=C2/NC(=O)N(Cc3ccccc3)C2=O)cccc1OC. The number of methoxy groups -OCH3 is 1. The number of benzene rings is 2. The van der Waals surface area contributed by atoms with Crippen molar-refractivity contribution >= 4 is 18.0 Å². The molecule has 1 heterocycles. The molecular weight excluding hydrogens is 332 g/mol. The second kappa shape index (κ2) is 7.74. The molecule has 0 saturated carbocycles. The summed E-state index contributed by atoms with van der Waals surface area (Å²) < 4.78 is 11.0. The minimum Gasteiger partial charge on any atom is -0.493 e. The minimum atomic E-state index is -0.439. The van der Waals surface area contributed by atoms with Crippen LogP contribution in [0.3, 0.4) is 0 Å². The molecule has 6 heteroatoms. The summed E-state index contributed by atoms with van der Waals surface area (Å²) >= 11 is 0.